The van der Waals surface area contributed by atoms with Gasteiger partial charge in [-0.1, -0.05) is 36.8 Å². The molecule has 3 aromatic rings. The molecule has 7 nitrogen and oxygen atoms in total. The SMILES string of the molecule is CCN(CC)S(=O)(=O)c1ccc2nc(NC(=O)c3cc(Cl)ccc3OC)sc2c1. The van der Waals surface area contributed by atoms with Crippen LogP contribution in [0.2, 0.25) is 5.02 Å². The summed E-state index contributed by atoms with van der Waals surface area (Å²) in [7, 11) is -2.10. The van der Waals surface area contributed by atoms with Gasteiger partial charge in [0.15, 0.2) is 5.13 Å². The minimum atomic E-state index is -3.57. The molecule has 1 amide bonds. The largest absolute Gasteiger partial charge is 0.496 e. The van der Waals surface area contributed by atoms with Gasteiger partial charge in [-0.2, -0.15) is 4.31 Å². The molecule has 0 fully saturated rings. The number of ether oxygens (including phenoxy) is 1. The maximum atomic E-state index is 12.7. The van der Waals surface area contributed by atoms with Crippen LogP contribution in [0.1, 0.15) is 24.2 Å². The Labute approximate surface area is 178 Å². The third-order valence-corrected chi connectivity index (χ3v) is 7.54. The number of amides is 1. The van der Waals surface area contributed by atoms with Crippen molar-refractivity contribution in [3.8, 4) is 5.75 Å². The smallest absolute Gasteiger partial charge is 0.261 e. The van der Waals surface area contributed by atoms with Gasteiger partial charge in [-0.05, 0) is 36.4 Å². The van der Waals surface area contributed by atoms with Crippen molar-refractivity contribution in [1.82, 2.24) is 9.29 Å². The van der Waals surface area contributed by atoms with E-state index in [-0.39, 0.29) is 10.5 Å². The van der Waals surface area contributed by atoms with Crippen molar-refractivity contribution in [2.75, 3.05) is 25.5 Å². The number of methoxy groups -OCH3 is 1. The van der Waals surface area contributed by atoms with Crippen molar-refractivity contribution in [3.63, 3.8) is 0 Å². The first-order chi connectivity index (χ1) is 13.8. The van der Waals surface area contributed by atoms with E-state index in [0.717, 1.165) is 0 Å². The van der Waals surface area contributed by atoms with Gasteiger partial charge in [0.05, 0.1) is 27.8 Å². The van der Waals surface area contributed by atoms with Crippen LogP contribution in [-0.2, 0) is 10.0 Å². The number of carbonyl (C=O) groups excluding carboxylic acids is 1. The lowest BCUT2D eigenvalue weighted by Crippen LogP contribution is -2.30. The summed E-state index contributed by atoms with van der Waals surface area (Å²) < 4.78 is 32.7. The summed E-state index contributed by atoms with van der Waals surface area (Å²) >= 11 is 7.18. The standard InChI is InChI=1S/C19H20ClN3O4S2/c1-4-23(5-2)29(25,26)13-7-8-15-17(11-13)28-19(21-15)22-18(24)14-10-12(20)6-9-16(14)27-3/h6-11H,4-5H2,1-3H3,(H,21,22,24). The highest BCUT2D eigenvalue weighted by molar-refractivity contribution is 7.89. The highest BCUT2D eigenvalue weighted by Gasteiger charge is 2.22. The lowest BCUT2D eigenvalue weighted by molar-refractivity contribution is 0.102. The van der Waals surface area contributed by atoms with Crippen LogP contribution in [0, 0.1) is 0 Å². The van der Waals surface area contributed by atoms with E-state index in [9.17, 15) is 13.2 Å². The summed E-state index contributed by atoms with van der Waals surface area (Å²) in [6.45, 7) is 4.37. The molecule has 3 rings (SSSR count). The molecule has 29 heavy (non-hydrogen) atoms. The number of carbonyl (C=O) groups is 1. The van der Waals surface area contributed by atoms with Crippen molar-refractivity contribution in [1.29, 1.82) is 0 Å². The van der Waals surface area contributed by atoms with Gasteiger partial charge >= 0.3 is 0 Å². The molecular formula is C19H20ClN3O4S2. The fourth-order valence-electron chi connectivity index (χ4n) is 2.85. The molecule has 0 saturated carbocycles. The van der Waals surface area contributed by atoms with Gasteiger partial charge in [-0.15, -0.1) is 0 Å². The molecule has 0 unspecified atom stereocenters. The quantitative estimate of drug-likeness (QED) is 0.578. The normalized spacial score (nSPS) is 11.8. The Balaban J connectivity index is 1.91. The predicted octanol–water partition coefficient (Wildman–Crippen LogP) is 4.24. The number of thiazole rings is 1. The number of sulfonamides is 1. The van der Waals surface area contributed by atoms with Gasteiger partial charge in [-0.25, -0.2) is 13.4 Å². The average Bonchev–Trinajstić information content (AvgIpc) is 3.10. The van der Waals surface area contributed by atoms with Crippen LogP contribution in [0.5, 0.6) is 5.75 Å². The number of anilines is 1. The second-order valence-corrected chi connectivity index (χ2v) is 9.44. The van der Waals surface area contributed by atoms with Gasteiger partial charge < -0.3 is 4.74 Å². The molecule has 0 aliphatic rings. The molecule has 2 aromatic carbocycles. The number of hydrogen-bond donors (Lipinski definition) is 1. The number of nitrogens with zero attached hydrogens (tertiary/aromatic N) is 2. The van der Waals surface area contributed by atoms with E-state index in [4.69, 9.17) is 16.3 Å². The van der Waals surface area contributed by atoms with Crippen molar-refractivity contribution in [3.05, 3.63) is 47.0 Å². The topological polar surface area (TPSA) is 88.6 Å². The number of hydrogen-bond acceptors (Lipinski definition) is 6. The van der Waals surface area contributed by atoms with E-state index in [1.165, 1.54) is 34.9 Å². The molecule has 154 valence electrons. The van der Waals surface area contributed by atoms with Gasteiger partial charge in [0.1, 0.15) is 5.75 Å². The van der Waals surface area contributed by atoms with Crippen LogP contribution in [0.25, 0.3) is 10.2 Å². The predicted molar refractivity (Wildman–Crippen MR) is 116 cm³/mol. The molecule has 0 bridgehead atoms. The summed E-state index contributed by atoms with van der Waals surface area (Å²) in [4.78, 5) is 17.2. The van der Waals surface area contributed by atoms with Crippen molar-refractivity contribution in [2.24, 2.45) is 0 Å². The van der Waals surface area contributed by atoms with Crippen LogP contribution in [0.4, 0.5) is 5.13 Å². The highest BCUT2D eigenvalue weighted by atomic mass is 35.5. The van der Waals surface area contributed by atoms with Crippen LogP contribution in [0.15, 0.2) is 41.3 Å². The first-order valence-corrected chi connectivity index (χ1v) is 11.5. The molecule has 0 atom stereocenters. The second kappa shape index (κ2) is 8.66. The zero-order chi connectivity index (χ0) is 21.2. The Morgan fingerprint density at radius 1 is 1.21 bits per heavy atom. The Bertz CT molecular complexity index is 1160. The average molecular weight is 454 g/mol. The fourth-order valence-corrected chi connectivity index (χ4v) is 5.49. The zero-order valence-corrected chi connectivity index (χ0v) is 18.5. The summed E-state index contributed by atoms with van der Waals surface area (Å²) in [5, 5.41) is 3.48. The molecule has 0 radical (unpaired) electrons. The van der Waals surface area contributed by atoms with Gasteiger partial charge in [0.2, 0.25) is 10.0 Å². The van der Waals surface area contributed by atoms with E-state index < -0.39 is 15.9 Å². The van der Waals surface area contributed by atoms with Gasteiger partial charge in [0, 0.05) is 18.1 Å². The third kappa shape index (κ3) is 4.37. The number of fused-ring (bicyclic) bond motifs is 1. The van der Waals surface area contributed by atoms with E-state index in [1.54, 1.807) is 38.1 Å². The minimum absolute atomic E-state index is 0.201. The van der Waals surface area contributed by atoms with E-state index >= 15 is 0 Å². The number of rotatable bonds is 7. The Kier molecular flexibility index (Phi) is 6.42. The lowest BCUT2D eigenvalue weighted by Gasteiger charge is -2.18. The first kappa shape index (κ1) is 21.5. The number of nitrogens with one attached hydrogen (secondary N) is 1. The first-order valence-electron chi connectivity index (χ1n) is 8.85. The van der Waals surface area contributed by atoms with Crippen molar-refractivity contribution < 1.29 is 17.9 Å². The van der Waals surface area contributed by atoms with Gasteiger partial charge in [0.25, 0.3) is 5.91 Å². The molecule has 10 heteroatoms. The van der Waals surface area contributed by atoms with Crippen LogP contribution in [-0.4, -0.2) is 43.8 Å². The molecule has 0 saturated heterocycles. The van der Waals surface area contributed by atoms with Crippen LogP contribution >= 0.6 is 22.9 Å². The highest BCUT2D eigenvalue weighted by Crippen LogP contribution is 2.30. The summed E-state index contributed by atoms with van der Waals surface area (Å²) in [6, 6.07) is 9.50. The molecular weight excluding hydrogens is 434 g/mol. The van der Waals surface area contributed by atoms with Crippen molar-refractivity contribution >= 4 is 54.2 Å². The monoisotopic (exact) mass is 453 g/mol. The zero-order valence-electron chi connectivity index (χ0n) is 16.1. The molecule has 0 aliphatic carbocycles. The molecule has 1 aromatic heterocycles. The van der Waals surface area contributed by atoms with E-state index in [0.29, 0.717) is 39.2 Å². The number of benzene rings is 2. The maximum Gasteiger partial charge on any atom is 0.261 e. The van der Waals surface area contributed by atoms with Crippen LogP contribution in [0.3, 0.4) is 0 Å². The number of aromatic nitrogens is 1. The molecule has 1 heterocycles. The minimum Gasteiger partial charge on any atom is -0.496 e. The van der Waals surface area contributed by atoms with E-state index in [1.807, 2.05) is 0 Å². The van der Waals surface area contributed by atoms with Crippen molar-refractivity contribution in [2.45, 2.75) is 18.7 Å². The second-order valence-electron chi connectivity index (χ2n) is 6.04. The van der Waals surface area contributed by atoms with Crippen LogP contribution < -0.4 is 10.1 Å². The Hall–Kier alpha value is -2.20. The third-order valence-electron chi connectivity index (χ3n) is 4.33. The summed E-state index contributed by atoms with van der Waals surface area (Å²) in [5.74, 6) is -0.0278. The maximum absolute atomic E-state index is 12.7. The van der Waals surface area contributed by atoms with Gasteiger partial charge in [-0.3, -0.25) is 10.1 Å². The summed E-state index contributed by atoms with van der Waals surface area (Å²) in [5.41, 5.74) is 0.880. The molecule has 1 N–H and O–H groups in total. The molecule has 0 aliphatic heterocycles. The number of halogens is 1. The van der Waals surface area contributed by atoms with E-state index in [2.05, 4.69) is 10.3 Å². The Morgan fingerprint density at radius 3 is 2.59 bits per heavy atom. The Morgan fingerprint density at radius 2 is 1.93 bits per heavy atom. The molecule has 0 spiro atoms. The summed E-state index contributed by atoms with van der Waals surface area (Å²) in [6.07, 6.45) is 0. The lowest BCUT2D eigenvalue weighted by atomic mass is 10.2. The fraction of sp³-hybridized carbons (Fsp3) is 0.263.